The molecule has 0 aliphatic carbocycles. The first-order chi connectivity index (χ1) is 8.83. The monoisotopic (exact) mass is 264 g/mol. The summed E-state index contributed by atoms with van der Waals surface area (Å²) in [4.78, 5) is 23.6. The van der Waals surface area contributed by atoms with Crippen LogP contribution in [0.5, 0.6) is 0 Å². The number of para-hydroxylation sites is 1. The zero-order valence-corrected chi connectivity index (χ0v) is 11.7. The Balaban J connectivity index is 2.89. The van der Waals surface area contributed by atoms with E-state index in [4.69, 9.17) is 4.74 Å². The van der Waals surface area contributed by atoms with Crippen molar-refractivity contribution in [1.82, 2.24) is 5.32 Å². The van der Waals surface area contributed by atoms with Gasteiger partial charge >= 0.3 is 0 Å². The highest BCUT2D eigenvalue weighted by Crippen LogP contribution is 2.16. The van der Waals surface area contributed by atoms with Crippen LogP contribution >= 0.6 is 0 Å². The summed E-state index contributed by atoms with van der Waals surface area (Å²) in [6.45, 7) is 5.65. The van der Waals surface area contributed by atoms with Gasteiger partial charge in [-0.3, -0.25) is 9.59 Å². The van der Waals surface area contributed by atoms with Crippen molar-refractivity contribution < 1.29 is 14.3 Å². The largest absolute Gasteiger partial charge is 0.375 e. The molecule has 5 heteroatoms. The van der Waals surface area contributed by atoms with E-state index in [0.717, 1.165) is 0 Å². The number of carbonyl (C=O) groups is 2. The van der Waals surface area contributed by atoms with Gasteiger partial charge < -0.3 is 15.4 Å². The highest BCUT2D eigenvalue weighted by molar-refractivity contribution is 6.04. The number of amides is 2. The zero-order chi connectivity index (χ0) is 14.5. The number of ether oxygens (including phenoxy) is 1. The number of rotatable bonds is 4. The van der Waals surface area contributed by atoms with Gasteiger partial charge in [-0.2, -0.15) is 0 Å². The molecule has 0 aromatic heterocycles. The molecule has 0 unspecified atom stereocenters. The van der Waals surface area contributed by atoms with Crippen LogP contribution in [0.3, 0.4) is 0 Å². The molecule has 0 bridgehead atoms. The van der Waals surface area contributed by atoms with Gasteiger partial charge in [0, 0.05) is 12.6 Å². The summed E-state index contributed by atoms with van der Waals surface area (Å²) < 4.78 is 4.74. The van der Waals surface area contributed by atoms with Crippen molar-refractivity contribution >= 4 is 17.5 Å². The summed E-state index contributed by atoms with van der Waals surface area (Å²) in [6, 6.07) is 6.87. The molecule has 0 spiro atoms. The van der Waals surface area contributed by atoms with Crippen molar-refractivity contribution in [2.24, 2.45) is 0 Å². The normalized spacial score (nSPS) is 10.9. The number of nitrogens with one attached hydrogen (secondary N) is 2. The summed E-state index contributed by atoms with van der Waals surface area (Å²) in [5.41, 5.74) is 0.578. The number of carbonyl (C=O) groups excluding carboxylic acids is 2. The molecule has 0 saturated carbocycles. The molecule has 2 amide bonds. The molecule has 0 aliphatic heterocycles. The molecule has 0 heterocycles. The van der Waals surface area contributed by atoms with Gasteiger partial charge in [-0.15, -0.1) is 0 Å². The lowest BCUT2D eigenvalue weighted by Gasteiger charge is -2.21. The Labute approximate surface area is 113 Å². The van der Waals surface area contributed by atoms with Crippen molar-refractivity contribution in [2.75, 3.05) is 19.0 Å². The van der Waals surface area contributed by atoms with E-state index in [1.54, 1.807) is 24.3 Å². The second-order valence-corrected chi connectivity index (χ2v) is 5.23. The predicted octanol–water partition coefficient (Wildman–Crippen LogP) is 1.80. The third kappa shape index (κ3) is 5.09. The zero-order valence-electron chi connectivity index (χ0n) is 11.7. The van der Waals surface area contributed by atoms with Crippen LogP contribution in [-0.2, 0) is 9.53 Å². The van der Waals surface area contributed by atoms with Crippen LogP contribution in [0.4, 0.5) is 5.69 Å². The molecule has 19 heavy (non-hydrogen) atoms. The Morgan fingerprint density at radius 2 is 1.84 bits per heavy atom. The molecule has 0 radical (unpaired) electrons. The van der Waals surface area contributed by atoms with Crippen molar-refractivity contribution in [1.29, 1.82) is 0 Å². The average molecular weight is 264 g/mol. The van der Waals surface area contributed by atoms with Gasteiger partial charge in [0.25, 0.3) is 5.91 Å². The van der Waals surface area contributed by atoms with Crippen LogP contribution < -0.4 is 10.6 Å². The van der Waals surface area contributed by atoms with E-state index in [0.29, 0.717) is 11.3 Å². The maximum Gasteiger partial charge on any atom is 0.253 e. The van der Waals surface area contributed by atoms with E-state index in [2.05, 4.69) is 10.6 Å². The van der Waals surface area contributed by atoms with Crippen LogP contribution in [0.15, 0.2) is 24.3 Å². The topological polar surface area (TPSA) is 67.4 Å². The van der Waals surface area contributed by atoms with Crippen LogP contribution in [0, 0.1) is 0 Å². The summed E-state index contributed by atoms with van der Waals surface area (Å²) >= 11 is 0. The van der Waals surface area contributed by atoms with E-state index < -0.39 is 0 Å². The second kappa shape index (κ2) is 6.33. The second-order valence-electron chi connectivity index (χ2n) is 5.23. The molecular weight excluding hydrogens is 244 g/mol. The van der Waals surface area contributed by atoms with Gasteiger partial charge in [0.2, 0.25) is 5.91 Å². The molecule has 1 rings (SSSR count). The maximum atomic E-state index is 12.1. The number of hydrogen-bond acceptors (Lipinski definition) is 3. The smallest absolute Gasteiger partial charge is 0.253 e. The minimum Gasteiger partial charge on any atom is -0.375 e. The highest BCUT2D eigenvalue weighted by Gasteiger charge is 2.18. The summed E-state index contributed by atoms with van der Waals surface area (Å²) in [7, 11) is 1.44. The maximum absolute atomic E-state index is 12.1. The van der Waals surface area contributed by atoms with Gasteiger partial charge in [0.1, 0.15) is 6.61 Å². The fraction of sp³-hybridized carbons (Fsp3) is 0.429. The quantitative estimate of drug-likeness (QED) is 0.871. The van der Waals surface area contributed by atoms with Crippen LogP contribution in [0.25, 0.3) is 0 Å². The van der Waals surface area contributed by atoms with Crippen LogP contribution in [-0.4, -0.2) is 31.1 Å². The Morgan fingerprint density at radius 3 is 2.42 bits per heavy atom. The molecule has 1 aromatic rings. The summed E-state index contributed by atoms with van der Waals surface area (Å²) in [5.74, 6) is -0.515. The van der Waals surface area contributed by atoms with Gasteiger partial charge in [-0.1, -0.05) is 12.1 Å². The van der Waals surface area contributed by atoms with Gasteiger partial charge in [0.15, 0.2) is 0 Å². The fourth-order valence-corrected chi connectivity index (χ4v) is 1.52. The molecule has 2 N–H and O–H groups in total. The molecule has 1 aromatic carbocycles. The molecule has 0 aliphatic rings. The summed E-state index contributed by atoms with van der Waals surface area (Å²) in [5, 5.41) is 5.51. The van der Waals surface area contributed by atoms with E-state index >= 15 is 0 Å². The minimum absolute atomic E-state index is 0.0464. The third-order valence-corrected chi connectivity index (χ3v) is 2.21. The van der Waals surface area contributed by atoms with Crippen LogP contribution in [0.2, 0.25) is 0 Å². The number of hydrogen-bond donors (Lipinski definition) is 2. The van der Waals surface area contributed by atoms with Gasteiger partial charge in [0.05, 0.1) is 11.3 Å². The lowest BCUT2D eigenvalue weighted by Crippen LogP contribution is -2.40. The Morgan fingerprint density at radius 1 is 1.21 bits per heavy atom. The van der Waals surface area contributed by atoms with Crippen LogP contribution in [0.1, 0.15) is 31.1 Å². The molecule has 0 fully saturated rings. The first-order valence-electron chi connectivity index (χ1n) is 6.04. The van der Waals surface area contributed by atoms with Crippen molar-refractivity contribution in [3.63, 3.8) is 0 Å². The van der Waals surface area contributed by atoms with Gasteiger partial charge in [-0.05, 0) is 32.9 Å². The lowest BCUT2D eigenvalue weighted by atomic mass is 10.1. The molecule has 5 nitrogen and oxygen atoms in total. The van der Waals surface area contributed by atoms with Crippen molar-refractivity contribution in [3.05, 3.63) is 29.8 Å². The van der Waals surface area contributed by atoms with E-state index in [9.17, 15) is 9.59 Å². The Kier molecular flexibility index (Phi) is 5.06. The van der Waals surface area contributed by atoms with Crippen molar-refractivity contribution in [3.8, 4) is 0 Å². The predicted molar refractivity (Wildman–Crippen MR) is 74.2 cm³/mol. The van der Waals surface area contributed by atoms with Gasteiger partial charge in [-0.25, -0.2) is 0 Å². The SMILES string of the molecule is COCC(=O)Nc1ccccc1C(=O)NC(C)(C)C. The standard InChI is InChI=1S/C14H20N2O3/c1-14(2,3)16-13(18)10-7-5-6-8-11(10)15-12(17)9-19-4/h5-8H,9H2,1-4H3,(H,15,17)(H,16,18). The molecular formula is C14H20N2O3. The Hall–Kier alpha value is -1.88. The number of anilines is 1. The van der Waals surface area contributed by atoms with E-state index in [1.807, 2.05) is 20.8 Å². The van der Waals surface area contributed by atoms with E-state index in [1.165, 1.54) is 7.11 Å². The number of methoxy groups -OCH3 is 1. The molecule has 0 atom stereocenters. The third-order valence-electron chi connectivity index (χ3n) is 2.21. The molecule has 104 valence electrons. The first kappa shape index (κ1) is 15.2. The summed E-state index contributed by atoms with van der Waals surface area (Å²) in [6.07, 6.45) is 0. The first-order valence-corrected chi connectivity index (χ1v) is 6.04. The average Bonchev–Trinajstić information content (AvgIpc) is 2.27. The Bertz CT molecular complexity index is 464. The lowest BCUT2D eigenvalue weighted by molar-refractivity contribution is -0.119. The highest BCUT2D eigenvalue weighted by atomic mass is 16.5. The fourth-order valence-electron chi connectivity index (χ4n) is 1.52. The molecule has 0 saturated heterocycles. The minimum atomic E-state index is -0.333. The van der Waals surface area contributed by atoms with Crippen molar-refractivity contribution in [2.45, 2.75) is 26.3 Å². The van der Waals surface area contributed by atoms with E-state index in [-0.39, 0.29) is 24.0 Å². The number of benzene rings is 1.